The van der Waals surface area contributed by atoms with Crippen molar-refractivity contribution in [3.63, 3.8) is 0 Å². The fourth-order valence-corrected chi connectivity index (χ4v) is 2.94. The van der Waals surface area contributed by atoms with E-state index in [1.54, 1.807) is 24.2 Å². The van der Waals surface area contributed by atoms with Gasteiger partial charge in [-0.3, -0.25) is 9.59 Å². The molecule has 2 aliphatic rings. The molecule has 1 aliphatic heterocycles. The van der Waals surface area contributed by atoms with Crippen molar-refractivity contribution < 1.29 is 9.53 Å². The SMILES string of the molecule is Cc1cc(=O)[nH]c([C@H]2CN(C(=O)c3cnc(C4CC4)nc3)CCO2)n1. The summed E-state index contributed by atoms with van der Waals surface area (Å²) in [6.07, 6.45) is 5.00. The van der Waals surface area contributed by atoms with Gasteiger partial charge in [0, 0.05) is 36.6 Å². The zero-order chi connectivity index (χ0) is 17.4. The van der Waals surface area contributed by atoms with Gasteiger partial charge in [-0.25, -0.2) is 15.0 Å². The second kappa shape index (κ2) is 6.36. The molecule has 1 atom stereocenters. The standard InChI is InChI=1S/C17H19N5O3/c1-10-6-14(23)21-16(20-10)13-9-22(4-5-25-13)17(24)12-7-18-15(19-8-12)11-2-3-11/h6-8,11,13H,2-5,9H2,1H3,(H,20,21,23)/t13-/m1/s1. The number of aromatic amines is 1. The number of ether oxygens (including phenoxy) is 1. The lowest BCUT2D eigenvalue weighted by atomic mass is 10.2. The first-order valence-electron chi connectivity index (χ1n) is 8.41. The third-order valence-electron chi connectivity index (χ3n) is 4.41. The Morgan fingerprint density at radius 3 is 2.76 bits per heavy atom. The minimum Gasteiger partial charge on any atom is -0.367 e. The molecule has 1 saturated carbocycles. The van der Waals surface area contributed by atoms with Crippen molar-refractivity contribution in [3.05, 3.63) is 51.7 Å². The molecule has 1 aliphatic carbocycles. The highest BCUT2D eigenvalue weighted by atomic mass is 16.5. The molecule has 4 rings (SSSR count). The van der Waals surface area contributed by atoms with Gasteiger partial charge in [-0.2, -0.15) is 0 Å². The number of morpholine rings is 1. The van der Waals surface area contributed by atoms with E-state index >= 15 is 0 Å². The van der Waals surface area contributed by atoms with Crippen LogP contribution in [0.5, 0.6) is 0 Å². The van der Waals surface area contributed by atoms with Crippen LogP contribution in [0.4, 0.5) is 0 Å². The third-order valence-corrected chi connectivity index (χ3v) is 4.41. The number of hydrogen-bond acceptors (Lipinski definition) is 6. The summed E-state index contributed by atoms with van der Waals surface area (Å²) in [6.45, 7) is 2.95. The zero-order valence-corrected chi connectivity index (χ0v) is 13.9. The third kappa shape index (κ3) is 3.43. The first-order valence-corrected chi connectivity index (χ1v) is 8.41. The molecule has 8 heteroatoms. The summed E-state index contributed by atoms with van der Waals surface area (Å²) in [5.41, 5.74) is 0.865. The lowest BCUT2D eigenvalue weighted by Gasteiger charge is -2.32. The van der Waals surface area contributed by atoms with Crippen molar-refractivity contribution in [1.82, 2.24) is 24.8 Å². The Kier molecular flexibility index (Phi) is 4.04. The van der Waals surface area contributed by atoms with Crippen LogP contribution in [0.1, 0.15) is 52.6 Å². The summed E-state index contributed by atoms with van der Waals surface area (Å²) < 4.78 is 5.69. The molecule has 0 bridgehead atoms. The van der Waals surface area contributed by atoms with Crippen LogP contribution in [0.3, 0.4) is 0 Å². The van der Waals surface area contributed by atoms with Gasteiger partial charge in [0.25, 0.3) is 11.5 Å². The van der Waals surface area contributed by atoms with Crippen molar-refractivity contribution >= 4 is 5.91 Å². The van der Waals surface area contributed by atoms with E-state index in [1.807, 2.05) is 0 Å². The van der Waals surface area contributed by atoms with Crippen LogP contribution in [0.2, 0.25) is 0 Å². The number of nitrogens with zero attached hydrogens (tertiary/aromatic N) is 4. The van der Waals surface area contributed by atoms with Gasteiger partial charge in [0.1, 0.15) is 17.8 Å². The van der Waals surface area contributed by atoms with Crippen molar-refractivity contribution in [2.24, 2.45) is 0 Å². The lowest BCUT2D eigenvalue weighted by Crippen LogP contribution is -2.43. The van der Waals surface area contributed by atoms with E-state index in [0.29, 0.717) is 42.7 Å². The van der Waals surface area contributed by atoms with Gasteiger partial charge in [0.2, 0.25) is 0 Å². The molecule has 1 saturated heterocycles. The molecule has 2 aromatic heterocycles. The Labute approximate surface area is 144 Å². The number of aromatic nitrogens is 4. The van der Waals surface area contributed by atoms with Crippen molar-refractivity contribution in [2.45, 2.75) is 31.8 Å². The predicted octanol–water partition coefficient (Wildman–Crippen LogP) is 0.959. The number of amides is 1. The second-order valence-corrected chi connectivity index (χ2v) is 6.49. The Bertz CT molecular complexity index is 844. The number of carbonyl (C=O) groups excluding carboxylic acids is 1. The second-order valence-electron chi connectivity index (χ2n) is 6.49. The first kappa shape index (κ1) is 15.9. The first-order chi connectivity index (χ1) is 12.1. The fraction of sp³-hybridized carbons (Fsp3) is 0.471. The van der Waals surface area contributed by atoms with Gasteiger partial charge in [-0.15, -0.1) is 0 Å². The van der Waals surface area contributed by atoms with E-state index in [-0.39, 0.29) is 11.5 Å². The molecule has 8 nitrogen and oxygen atoms in total. The lowest BCUT2D eigenvalue weighted by molar-refractivity contribution is -0.0270. The number of H-pyrrole nitrogens is 1. The molecule has 2 fully saturated rings. The highest BCUT2D eigenvalue weighted by Crippen LogP contribution is 2.37. The Balaban J connectivity index is 1.49. The average Bonchev–Trinajstić information content (AvgIpc) is 3.46. The van der Waals surface area contributed by atoms with Gasteiger partial charge >= 0.3 is 0 Å². The van der Waals surface area contributed by atoms with E-state index in [4.69, 9.17) is 4.74 Å². The van der Waals surface area contributed by atoms with Crippen molar-refractivity contribution in [2.75, 3.05) is 19.7 Å². The number of carbonyl (C=O) groups is 1. The summed E-state index contributed by atoms with van der Waals surface area (Å²) in [6, 6.07) is 1.42. The molecule has 0 unspecified atom stereocenters. The van der Waals surface area contributed by atoms with E-state index in [0.717, 1.165) is 18.7 Å². The minimum absolute atomic E-state index is 0.134. The van der Waals surface area contributed by atoms with E-state index in [1.165, 1.54) is 6.07 Å². The predicted molar refractivity (Wildman–Crippen MR) is 88.2 cm³/mol. The van der Waals surface area contributed by atoms with E-state index < -0.39 is 6.10 Å². The molecule has 1 amide bonds. The zero-order valence-electron chi connectivity index (χ0n) is 13.9. The number of hydrogen-bond donors (Lipinski definition) is 1. The monoisotopic (exact) mass is 341 g/mol. The largest absolute Gasteiger partial charge is 0.367 e. The Hall–Kier alpha value is -2.61. The van der Waals surface area contributed by atoms with Crippen molar-refractivity contribution in [3.8, 4) is 0 Å². The Morgan fingerprint density at radius 1 is 1.32 bits per heavy atom. The van der Waals surface area contributed by atoms with Gasteiger partial charge in [0.15, 0.2) is 0 Å². The molecule has 0 aromatic carbocycles. The van der Waals surface area contributed by atoms with Gasteiger partial charge in [0.05, 0.1) is 18.7 Å². The molecule has 25 heavy (non-hydrogen) atoms. The van der Waals surface area contributed by atoms with Gasteiger partial charge in [-0.05, 0) is 19.8 Å². The van der Waals surface area contributed by atoms with Crippen LogP contribution in [0.25, 0.3) is 0 Å². The maximum absolute atomic E-state index is 12.7. The topological polar surface area (TPSA) is 101 Å². The highest BCUT2D eigenvalue weighted by Gasteiger charge is 2.29. The van der Waals surface area contributed by atoms with Crippen molar-refractivity contribution in [1.29, 1.82) is 0 Å². The van der Waals surface area contributed by atoms with Crippen LogP contribution >= 0.6 is 0 Å². The average molecular weight is 341 g/mol. The maximum Gasteiger partial charge on any atom is 0.257 e. The van der Waals surface area contributed by atoms with Gasteiger partial charge in [-0.1, -0.05) is 0 Å². The summed E-state index contributed by atoms with van der Waals surface area (Å²) >= 11 is 0. The van der Waals surface area contributed by atoms with E-state index in [2.05, 4.69) is 19.9 Å². The van der Waals surface area contributed by atoms with E-state index in [9.17, 15) is 9.59 Å². The Morgan fingerprint density at radius 2 is 2.08 bits per heavy atom. The molecule has 0 spiro atoms. The molecule has 0 radical (unpaired) electrons. The highest BCUT2D eigenvalue weighted by molar-refractivity contribution is 5.93. The molecule has 2 aromatic rings. The van der Waals surface area contributed by atoms with Crippen LogP contribution in [0.15, 0.2) is 23.3 Å². The smallest absolute Gasteiger partial charge is 0.257 e. The maximum atomic E-state index is 12.7. The van der Waals surface area contributed by atoms with Crippen LogP contribution < -0.4 is 5.56 Å². The molecular weight excluding hydrogens is 322 g/mol. The number of aryl methyl sites for hydroxylation is 1. The summed E-state index contributed by atoms with van der Waals surface area (Å²) in [4.78, 5) is 41.6. The van der Waals surface area contributed by atoms with Crippen LogP contribution in [-0.2, 0) is 4.74 Å². The van der Waals surface area contributed by atoms with Gasteiger partial charge < -0.3 is 14.6 Å². The number of rotatable bonds is 3. The fourth-order valence-electron chi connectivity index (χ4n) is 2.94. The summed E-state index contributed by atoms with van der Waals surface area (Å²) in [7, 11) is 0. The minimum atomic E-state index is -0.447. The molecule has 3 heterocycles. The van der Waals surface area contributed by atoms with Crippen LogP contribution in [-0.4, -0.2) is 50.4 Å². The summed E-state index contributed by atoms with van der Waals surface area (Å²) in [5.74, 6) is 1.59. The quantitative estimate of drug-likeness (QED) is 0.892. The molecular formula is C17H19N5O3. The normalized spacial score (nSPS) is 20.5. The molecule has 130 valence electrons. The summed E-state index contributed by atoms with van der Waals surface area (Å²) in [5, 5.41) is 0. The molecule has 1 N–H and O–H groups in total. The number of nitrogens with one attached hydrogen (secondary N) is 1. The van der Waals surface area contributed by atoms with Crippen LogP contribution in [0, 0.1) is 6.92 Å².